The van der Waals surface area contributed by atoms with Gasteiger partial charge in [-0.2, -0.15) is 0 Å². The summed E-state index contributed by atoms with van der Waals surface area (Å²) in [5.74, 6) is 1.32. The third kappa shape index (κ3) is 3.53. The molecule has 1 unspecified atom stereocenters. The number of aromatic nitrogens is 1. The van der Waals surface area contributed by atoms with Crippen LogP contribution in [0.2, 0.25) is 0 Å². The van der Waals surface area contributed by atoms with Crippen LogP contribution >= 0.6 is 11.3 Å². The molecular weight excluding hydrogens is 244 g/mol. The minimum absolute atomic E-state index is 0.606. The Hall–Kier alpha value is -0.450. The molecule has 0 amide bonds. The van der Waals surface area contributed by atoms with Crippen molar-refractivity contribution in [1.29, 1.82) is 0 Å². The van der Waals surface area contributed by atoms with E-state index in [2.05, 4.69) is 19.2 Å². The first-order valence-electron chi connectivity index (χ1n) is 6.88. The van der Waals surface area contributed by atoms with Crippen LogP contribution in [0.15, 0.2) is 0 Å². The number of nitrogens with one attached hydrogen (secondary N) is 1. The van der Waals surface area contributed by atoms with Crippen molar-refractivity contribution in [1.82, 2.24) is 10.3 Å². The Kier molecular flexibility index (Phi) is 5.15. The maximum atomic E-state index is 5.19. The summed E-state index contributed by atoms with van der Waals surface area (Å²) in [4.78, 5) is 6.26. The fourth-order valence-electron chi connectivity index (χ4n) is 2.49. The number of hydrogen-bond acceptors (Lipinski definition) is 4. The third-order valence-electron chi connectivity index (χ3n) is 3.33. The van der Waals surface area contributed by atoms with Gasteiger partial charge < -0.3 is 10.1 Å². The van der Waals surface area contributed by atoms with Gasteiger partial charge in [0.1, 0.15) is 5.01 Å². The predicted molar refractivity (Wildman–Crippen MR) is 76.2 cm³/mol. The van der Waals surface area contributed by atoms with Crippen molar-refractivity contribution in [2.75, 3.05) is 20.2 Å². The standard InChI is InChI=1S/C14H24N2OS/c1-10(2)7-15-8-11-5-4-6-12-14(11)16-13(18-12)9-17-3/h10-11,15H,4-9H2,1-3H3. The van der Waals surface area contributed by atoms with Gasteiger partial charge in [0.2, 0.25) is 0 Å². The van der Waals surface area contributed by atoms with Crippen molar-refractivity contribution in [3.8, 4) is 0 Å². The fourth-order valence-corrected chi connectivity index (χ4v) is 3.66. The number of aryl methyl sites for hydroxylation is 1. The van der Waals surface area contributed by atoms with Crippen molar-refractivity contribution in [2.45, 2.75) is 45.6 Å². The highest BCUT2D eigenvalue weighted by Gasteiger charge is 2.24. The monoisotopic (exact) mass is 268 g/mol. The van der Waals surface area contributed by atoms with E-state index in [1.54, 1.807) is 7.11 Å². The first-order chi connectivity index (χ1) is 8.70. The Morgan fingerprint density at radius 2 is 2.33 bits per heavy atom. The smallest absolute Gasteiger partial charge is 0.119 e. The molecule has 0 fully saturated rings. The van der Waals surface area contributed by atoms with Gasteiger partial charge >= 0.3 is 0 Å². The van der Waals surface area contributed by atoms with Gasteiger partial charge in [0.25, 0.3) is 0 Å². The Bertz CT molecular complexity index is 376. The summed E-state index contributed by atoms with van der Waals surface area (Å²) in [6, 6.07) is 0. The van der Waals surface area contributed by atoms with Crippen LogP contribution in [0.4, 0.5) is 0 Å². The number of thiazole rings is 1. The van der Waals surface area contributed by atoms with Gasteiger partial charge in [-0.3, -0.25) is 0 Å². The van der Waals surface area contributed by atoms with E-state index >= 15 is 0 Å². The van der Waals surface area contributed by atoms with E-state index in [1.807, 2.05) is 11.3 Å². The Balaban J connectivity index is 1.98. The normalized spacial score (nSPS) is 19.2. The van der Waals surface area contributed by atoms with Gasteiger partial charge in [0, 0.05) is 24.4 Å². The van der Waals surface area contributed by atoms with Crippen LogP contribution in [0.3, 0.4) is 0 Å². The molecule has 18 heavy (non-hydrogen) atoms. The van der Waals surface area contributed by atoms with Crippen LogP contribution in [0, 0.1) is 5.92 Å². The van der Waals surface area contributed by atoms with Crippen molar-refractivity contribution in [3.63, 3.8) is 0 Å². The quantitative estimate of drug-likeness (QED) is 0.861. The first kappa shape index (κ1) is 14.0. The average molecular weight is 268 g/mol. The lowest BCUT2D eigenvalue weighted by Gasteiger charge is -2.22. The molecule has 1 heterocycles. The second kappa shape index (κ2) is 6.64. The molecule has 0 bridgehead atoms. The second-order valence-electron chi connectivity index (χ2n) is 5.49. The highest BCUT2D eigenvalue weighted by Crippen LogP contribution is 2.34. The molecule has 0 saturated heterocycles. The lowest BCUT2D eigenvalue weighted by atomic mass is 9.91. The topological polar surface area (TPSA) is 34.1 Å². The van der Waals surface area contributed by atoms with E-state index in [9.17, 15) is 0 Å². The van der Waals surface area contributed by atoms with Crippen LogP contribution < -0.4 is 5.32 Å². The Morgan fingerprint density at radius 3 is 3.06 bits per heavy atom. The van der Waals surface area contributed by atoms with Crippen molar-refractivity contribution < 1.29 is 4.74 Å². The summed E-state index contributed by atoms with van der Waals surface area (Å²) in [6.07, 6.45) is 3.78. The summed E-state index contributed by atoms with van der Waals surface area (Å²) in [6.45, 7) is 7.32. The molecule has 0 aromatic carbocycles. The van der Waals surface area contributed by atoms with Gasteiger partial charge in [-0.05, 0) is 31.7 Å². The zero-order valence-corrected chi connectivity index (χ0v) is 12.5. The minimum atomic E-state index is 0.606. The van der Waals surface area contributed by atoms with Crippen LogP contribution in [-0.4, -0.2) is 25.2 Å². The van der Waals surface area contributed by atoms with Gasteiger partial charge in [-0.15, -0.1) is 11.3 Å². The van der Waals surface area contributed by atoms with Crippen LogP contribution in [0.1, 0.15) is 48.2 Å². The minimum Gasteiger partial charge on any atom is -0.378 e. The van der Waals surface area contributed by atoms with Crippen molar-refractivity contribution in [3.05, 3.63) is 15.6 Å². The SMILES string of the molecule is COCc1nc2c(s1)CCCC2CNCC(C)C. The van der Waals surface area contributed by atoms with Crippen LogP contribution in [-0.2, 0) is 17.8 Å². The van der Waals surface area contributed by atoms with Gasteiger partial charge in [-0.1, -0.05) is 13.8 Å². The van der Waals surface area contributed by atoms with Crippen LogP contribution in [0.5, 0.6) is 0 Å². The summed E-state index contributed by atoms with van der Waals surface area (Å²) in [7, 11) is 1.74. The molecule has 0 aliphatic heterocycles. The molecule has 1 N–H and O–H groups in total. The Labute approximate surface area is 114 Å². The molecule has 1 aromatic heterocycles. The molecule has 1 aliphatic rings. The first-order valence-corrected chi connectivity index (χ1v) is 7.70. The van der Waals surface area contributed by atoms with E-state index in [0.717, 1.165) is 18.1 Å². The maximum absolute atomic E-state index is 5.19. The van der Waals surface area contributed by atoms with Gasteiger partial charge in [0.05, 0.1) is 12.3 Å². The summed E-state index contributed by atoms with van der Waals surface area (Å²) < 4.78 is 5.19. The average Bonchev–Trinajstić information content (AvgIpc) is 2.72. The van der Waals surface area contributed by atoms with Gasteiger partial charge in [0.15, 0.2) is 0 Å². The van der Waals surface area contributed by atoms with E-state index in [-0.39, 0.29) is 0 Å². The molecule has 102 valence electrons. The van der Waals surface area contributed by atoms with E-state index < -0.39 is 0 Å². The number of hydrogen-bond donors (Lipinski definition) is 1. The van der Waals surface area contributed by atoms with E-state index in [4.69, 9.17) is 9.72 Å². The predicted octanol–water partition coefficient (Wildman–Crippen LogP) is 2.96. The molecule has 1 aliphatic carbocycles. The van der Waals surface area contributed by atoms with Crippen molar-refractivity contribution >= 4 is 11.3 Å². The molecule has 0 spiro atoms. The largest absolute Gasteiger partial charge is 0.378 e. The Morgan fingerprint density at radius 1 is 1.50 bits per heavy atom. The third-order valence-corrected chi connectivity index (χ3v) is 4.43. The van der Waals surface area contributed by atoms with E-state index in [1.165, 1.54) is 29.8 Å². The molecular formula is C14H24N2OS. The second-order valence-corrected chi connectivity index (χ2v) is 6.66. The number of ether oxygens (including phenoxy) is 1. The van der Waals surface area contributed by atoms with Crippen LogP contribution in [0.25, 0.3) is 0 Å². The molecule has 1 aromatic rings. The summed E-state index contributed by atoms with van der Waals surface area (Å²) in [5.41, 5.74) is 1.34. The highest BCUT2D eigenvalue weighted by atomic mass is 32.1. The number of methoxy groups -OCH3 is 1. The zero-order chi connectivity index (χ0) is 13.0. The molecule has 3 nitrogen and oxygen atoms in total. The summed E-state index contributed by atoms with van der Waals surface area (Å²) in [5, 5.41) is 4.71. The molecule has 1 atom stereocenters. The lowest BCUT2D eigenvalue weighted by Crippen LogP contribution is -2.27. The molecule has 4 heteroatoms. The fraction of sp³-hybridized carbons (Fsp3) is 0.786. The zero-order valence-electron chi connectivity index (χ0n) is 11.7. The lowest BCUT2D eigenvalue weighted by molar-refractivity contribution is 0.184. The highest BCUT2D eigenvalue weighted by molar-refractivity contribution is 7.11. The maximum Gasteiger partial charge on any atom is 0.119 e. The number of fused-ring (bicyclic) bond motifs is 1. The van der Waals surface area contributed by atoms with Crippen molar-refractivity contribution in [2.24, 2.45) is 5.92 Å². The number of nitrogens with zero attached hydrogens (tertiary/aromatic N) is 1. The van der Waals surface area contributed by atoms with E-state index in [0.29, 0.717) is 18.4 Å². The number of rotatable bonds is 6. The molecule has 0 saturated carbocycles. The summed E-state index contributed by atoms with van der Waals surface area (Å²) >= 11 is 1.84. The van der Waals surface area contributed by atoms with Gasteiger partial charge in [-0.25, -0.2) is 4.98 Å². The molecule has 0 radical (unpaired) electrons. The molecule has 2 rings (SSSR count).